The van der Waals surface area contributed by atoms with E-state index < -0.39 is 110 Å². The van der Waals surface area contributed by atoms with Gasteiger partial charge in [-0.2, -0.15) is 0 Å². The summed E-state index contributed by atoms with van der Waals surface area (Å²) in [6, 6.07) is 0. The molecule has 4 saturated carbocycles. The third-order valence-electron chi connectivity index (χ3n) is 18.1. The van der Waals surface area contributed by atoms with Crippen molar-refractivity contribution in [1.82, 2.24) is 0 Å². The molecule has 62 heavy (non-hydrogen) atoms. The minimum absolute atomic E-state index is 0.0134. The highest BCUT2D eigenvalue weighted by Gasteiger charge is 2.72. The highest BCUT2D eigenvalue weighted by molar-refractivity contribution is 5.87. The molecule has 5 saturated heterocycles. The van der Waals surface area contributed by atoms with E-state index in [9.17, 15) is 45.6 Å². The lowest BCUT2D eigenvalue weighted by atomic mass is 9.44. The fraction of sp³-hybridized carbons (Fsp3) is 0.978. The van der Waals surface area contributed by atoms with Crippen molar-refractivity contribution in [2.24, 2.45) is 52.3 Å². The molecule has 0 aromatic heterocycles. The topological polar surface area (TPSA) is 253 Å². The van der Waals surface area contributed by atoms with Gasteiger partial charge in [0.05, 0.1) is 37.6 Å². The van der Waals surface area contributed by atoms with E-state index in [0.717, 1.165) is 38.5 Å². The minimum atomic E-state index is -1.73. The van der Waals surface area contributed by atoms with Crippen LogP contribution in [0, 0.1) is 52.3 Å². The number of hydrogen-bond acceptors (Lipinski definition) is 17. The molecule has 9 aliphatic rings. The summed E-state index contributed by atoms with van der Waals surface area (Å²) in [7, 11) is 0. The highest BCUT2D eigenvalue weighted by Crippen LogP contribution is 2.70. The lowest BCUT2D eigenvalue weighted by molar-refractivity contribution is -0.389. The van der Waals surface area contributed by atoms with Gasteiger partial charge in [0.1, 0.15) is 66.8 Å². The van der Waals surface area contributed by atoms with Crippen molar-refractivity contribution >= 4 is 5.78 Å². The Bertz CT molecular complexity index is 1610. The van der Waals surface area contributed by atoms with E-state index in [1.165, 1.54) is 13.8 Å². The Morgan fingerprint density at radius 3 is 1.94 bits per heavy atom. The van der Waals surface area contributed by atoms with E-state index >= 15 is 0 Å². The van der Waals surface area contributed by atoms with Gasteiger partial charge < -0.3 is 78.7 Å². The van der Waals surface area contributed by atoms with Crippen molar-refractivity contribution in [2.75, 3.05) is 13.2 Å². The van der Waals surface area contributed by atoms with Crippen molar-refractivity contribution < 1.29 is 83.5 Å². The third-order valence-corrected chi connectivity index (χ3v) is 18.1. The van der Waals surface area contributed by atoms with Crippen LogP contribution in [0.4, 0.5) is 0 Å². The zero-order chi connectivity index (χ0) is 44.4. The Hall–Kier alpha value is -0.970. The highest BCUT2D eigenvalue weighted by atomic mass is 16.8. The largest absolute Gasteiger partial charge is 0.394 e. The van der Waals surface area contributed by atoms with Gasteiger partial charge in [0, 0.05) is 30.1 Å². The number of carbonyl (C=O) groups excluding carboxylic acids is 1. The molecular weight excluding hydrogens is 812 g/mol. The lowest BCUT2D eigenvalue weighted by Gasteiger charge is -2.61. The number of carbonyl (C=O) groups is 1. The van der Waals surface area contributed by atoms with Gasteiger partial charge in [-0.05, 0) is 93.8 Å². The van der Waals surface area contributed by atoms with E-state index in [1.807, 2.05) is 0 Å². The van der Waals surface area contributed by atoms with Crippen LogP contribution in [0.5, 0.6) is 0 Å². The number of aliphatic hydroxyl groups excluding tert-OH is 8. The van der Waals surface area contributed by atoms with Gasteiger partial charge in [-0.15, -0.1) is 0 Å². The number of aliphatic hydroxyl groups is 8. The quantitative estimate of drug-likeness (QED) is 0.162. The first kappa shape index (κ1) is 46.2. The second-order valence-electron chi connectivity index (χ2n) is 21.4. The molecule has 0 unspecified atom stereocenters. The second-order valence-corrected chi connectivity index (χ2v) is 21.4. The summed E-state index contributed by atoms with van der Waals surface area (Å²) in [5.41, 5.74) is -0.571. The zero-order valence-electron chi connectivity index (χ0n) is 36.9. The maximum atomic E-state index is 14.7. The number of rotatable bonds is 7. The predicted molar refractivity (Wildman–Crippen MR) is 213 cm³/mol. The molecule has 17 nitrogen and oxygen atoms in total. The van der Waals surface area contributed by atoms with Gasteiger partial charge in [-0.1, -0.05) is 27.7 Å². The Kier molecular flexibility index (Phi) is 12.6. The summed E-state index contributed by atoms with van der Waals surface area (Å²) in [5.74, 6) is 1.64. The Labute approximate surface area is 363 Å². The van der Waals surface area contributed by atoms with E-state index in [2.05, 4.69) is 27.7 Å². The van der Waals surface area contributed by atoms with Gasteiger partial charge >= 0.3 is 0 Å². The summed E-state index contributed by atoms with van der Waals surface area (Å²) < 4.78 is 49.9. The van der Waals surface area contributed by atoms with Crippen LogP contribution in [0.3, 0.4) is 0 Å². The van der Waals surface area contributed by atoms with Crippen LogP contribution >= 0.6 is 0 Å². The number of Topliss-reactive ketones (excluding diaryl/α,β-unsaturated/α-hetero) is 1. The fourth-order valence-electron chi connectivity index (χ4n) is 14.3. The molecule has 0 bridgehead atoms. The van der Waals surface area contributed by atoms with Gasteiger partial charge in [-0.3, -0.25) is 4.79 Å². The minimum Gasteiger partial charge on any atom is -0.394 e. The standard InChI is InChI=1S/C45H72O17/c1-18-9-12-45(55-17-18)19(2)30-27(62-45)14-26-24-8-7-22-13-23(10-11-43(22,5)25(24)15-29(47)44(26,30)6)58-42-39(61-41-36(53)34(51)32(49)21(4)57-41)37(54)38(28(16-46)59-42)60-40-35(52)33(50)31(48)20(3)56-40/h18-28,30-42,46,48-54H,7-17H2,1-6H3/t18-,19+,20+,21+,22+,23+,24-,25+,26+,27+,28-,30+,31+,32+,33-,34-,35-,36-,37+,38-,39-,40+,41+,42-,43+,44-,45-/m1/s1. The summed E-state index contributed by atoms with van der Waals surface area (Å²) in [6.07, 6.45) is -14.7. The monoisotopic (exact) mass is 884 g/mol. The van der Waals surface area contributed by atoms with E-state index in [1.54, 1.807) is 0 Å². The van der Waals surface area contributed by atoms with Crippen molar-refractivity contribution in [3.8, 4) is 0 Å². The van der Waals surface area contributed by atoms with Crippen LogP contribution in [0.25, 0.3) is 0 Å². The Morgan fingerprint density at radius 2 is 1.32 bits per heavy atom. The van der Waals surface area contributed by atoms with Crippen molar-refractivity contribution in [3.05, 3.63) is 0 Å². The zero-order valence-corrected chi connectivity index (χ0v) is 36.9. The average molecular weight is 885 g/mol. The molecule has 0 aromatic carbocycles. The summed E-state index contributed by atoms with van der Waals surface area (Å²) in [6.45, 7) is 12.0. The van der Waals surface area contributed by atoms with Crippen molar-refractivity contribution in [2.45, 2.75) is 209 Å². The van der Waals surface area contributed by atoms with Crippen LogP contribution in [-0.2, 0) is 42.7 Å². The average Bonchev–Trinajstić information content (AvgIpc) is 3.70. The molecule has 0 radical (unpaired) electrons. The number of hydrogen-bond donors (Lipinski definition) is 8. The third kappa shape index (κ3) is 7.30. The van der Waals surface area contributed by atoms with Crippen molar-refractivity contribution in [3.63, 3.8) is 0 Å². The first-order valence-electron chi connectivity index (χ1n) is 23.5. The van der Waals surface area contributed by atoms with Crippen molar-refractivity contribution in [1.29, 1.82) is 0 Å². The molecule has 8 N–H and O–H groups in total. The predicted octanol–water partition coefficient (Wildman–Crippen LogP) is 0.501. The molecule has 5 heterocycles. The molecule has 0 aromatic rings. The van der Waals surface area contributed by atoms with Gasteiger partial charge in [0.2, 0.25) is 0 Å². The normalized spacial score (nSPS) is 59.0. The van der Waals surface area contributed by atoms with Crippen LogP contribution in [0.15, 0.2) is 0 Å². The van der Waals surface area contributed by atoms with Crippen LogP contribution in [0.1, 0.15) is 99.3 Å². The Balaban J connectivity index is 0.910. The van der Waals surface area contributed by atoms with Crippen LogP contribution in [-0.4, -0.2) is 170 Å². The first-order valence-corrected chi connectivity index (χ1v) is 23.5. The number of ether oxygens (including phenoxy) is 8. The summed E-state index contributed by atoms with van der Waals surface area (Å²) >= 11 is 0. The number of ketones is 1. The summed E-state index contributed by atoms with van der Waals surface area (Å²) in [5, 5.41) is 85.9. The van der Waals surface area contributed by atoms with Gasteiger partial charge in [0.25, 0.3) is 0 Å². The molecule has 5 aliphatic heterocycles. The molecule has 1 spiro atoms. The molecule has 354 valence electrons. The number of fused-ring (bicyclic) bond motifs is 7. The van der Waals surface area contributed by atoms with Gasteiger partial charge in [-0.25, -0.2) is 0 Å². The lowest BCUT2D eigenvalue weighted by Crippen LogP contribution is -2.66. The molecule has 17 heteroatoms. The van der Waals surface area contributed by atoms with E-state index in [-0.39, 0.29) is 47.2 Å². The molecular formula is C45H72O17. The molecule has 9 rings (SSSR count). The molecule has 9 fully saturated rings. The van der Waals surface area contributed by atoms with E-state index in [0.29, 0.717) is 43.5 Å². The Morgan fingerprint density at radius 1 is 0.677 bits per heavy atom. The first-order chi connectivity index (χ1) is 29.3. The second kappa shape index (κ2) is 17.0. The van der Waals surface area contributed by atoms with Crippen LogP contribution in [0.2, 0.25) is 0 Å². The molecule has 27 atom stereocenters. The van der Waals surface area contributed by atoms with Gasteiger partial charge in [0.15, 0.2) is 24.7 Å². The summed E-state index contributed by atoms with van der Waals surface area (Å²) in [4.78, 5) is 14.7. The maximum absolute atomic E-state index is 14.7. The van der Waals surface area contributed by atoms with Crippen LogP contribution < -0.4 is 0 Å². The maximum Gasteiger partial charge on any atom is 0.187 e. The van der Waals surface area contributed by atoms with E-state index in [4.69, 9.17) is 37.9 Å². The molecule has 0 amide bonds. The smallest absolute Gasteiger partial charge is 0.187 e. The molecule has 4 aliphatic carbocycles. The fourth-order valence-corrected chi connectivity index (χ4v) is 14.3. The SMILES string of the molecule is C[C@@H]1CC[C@@]2(OC1)O[C@H]1C[C@H]3[C@@H]4CC[C@H]5C[C@@H](O[C@@H]6O[C@H](CO)[C@@H](O[C@@H]7O[C@@H](C)[C@H](O)[C@@H](O)[C@H]7O)[C@H](O)[C@H]6O[C@@H]6O[C@@H](C)[C@H](O)[C@@H](O)[C@H]6O)CC[C@]5(C)[C@H]4CC(=O)[C@]3(C)[C@H]1[C@@H]2C.